The van der Waals surface area contributed by atoms with E-state index in [4.69, 9.17) is 19.2 Å². The van der Waals surface area contributed by atoms with Gasteiger partial charge in [-0.05, 0) is 48.1 Å². The number of Topliss-reactive ketones (excluding diaryl/α,β-unsaturated/α-hetero) is 1. The number of nitrogens with zero attached hydrogens (tertiary/aromatic N) is 1. The van der Waals surface area contributed by atoms with Crippen molar-refractivity contribution in [3.8, 4) is 11.5 Å². The van der Waals surface area contributed by atoms with Crippen LogP contribution in [0.3, 0.4) is 0 Å². The molecule has 38 heavy (non-hydrogen) atoms. The monoisotopic (exact) mass is 509 g/mol. The minimum atomic E-state index is -0.729. The highest BCUT2D eigenvalue weighted by molar-refractivity contribution is 6.09. The van der Waals surface area contributed by atoms with Gasteiger partial charge in [-0.1, -0.05) is 66.7 Å². The molecule has 3 aromatic rings. The van der Waals surface area contributed by atoms with Crippen molar-refractivity contribution in [1.29, 1.82) is 0 Å². The van der Waals surface area contributed by atoms with Crippen LogP contribution in [-0.4, -0.2) is 31.7 Å². The summed E-state index contributed by atoms with van der Waals surface area (Å²) in [7, 11) is 3.15. The van der Waals surface area contributed by atoms with Crippen LogP contribution in [0.5, 0.6) is 11.5 Å². The number of allylic oxidation sites excluding steroid dienone is 2. The fourth-order valence-electron chi connectivity index (χ4n) is 5.55. The molecule has 6 heteroatoms. The number of aliphatic imine (C=N–C) groups is 1. The standard InChI is InChI=1S/C32H31NO5/c1-20-29(32(35)38-19-21-10-6-4-7-11-21)30(23-14-15-27(36-2)28(18-23)37-3)31-25(33-20)16-24(17-26(31)34)22-12-8-5-9-13-22/h4-15,18,24,29-30H,16-17,19H2,1-3H3/t24-,29?,30+/m0/s1. The zero-order valence-electron chi connectivity index (χ0n) is 21.8. The van der Waals surface area contributed by atoms with Gasteiger partial charge in [0.25, 0.3) is 0 Å². The van der Waals surface area contributed by atoms with Crippen molar-refractivity contribution >= 4 is 17.5 Å². The molecule has 2 aliphatic rings. The average molecular weight is 510 g/mol. The molecule has 1 aliphatic carbocycles. The van der Waals surface area contributed by atoms with E-state index in [2.05, 4.69) is 12.1 Å². The van der Waals surface area contributed by atoms with Gasteiger partial charge in [-0.3, -0.25) is 14.6 Å². The summed E-state index contributed by atoms with van der Waals surface area (Å²) in [5.74, 6) is -0.492. The number of benzene rings is 3. The number of ketones is 1. The normalized spacial score (nSPS) is 20.9. The Morgan fingerprint density at radius 3 is 2.24 bits per heavy atom. The molecular weight excluding hydrogens is 478 g/mol. The van der Waals surface area contributed by atoms with Crippen molar-refractivity contribution < 1.29 is 23.8 Å². The van der Waals surface area contributed by atoms with Crippen LogP contribution in [0.4, 0.5) is 0 Å². The van der Waals surface area contributed by atoms with Crippen LogP contribution in [0.15, 0.2) is 95.1 Å². The first kappa shape index (κ1) is 25.5. The largest absolute Gasteiger partial charge is 0.493 e. The van der Waals surface area contributed by atoms with Crippen molar-refractivity contribution in [3.05, 3.63) is 107 Å². The molecule has 1 heterocycles. The SMILES string of the molecule is COc1ccc([C@H]2C3=C(C[C@H](c4ccccc4)CC3=O)N=C(C)C2C(=O)OCc2ccccc2)cc1OC. The van der Waals surface area contributed by atoms with Gasteiger partial charge >= 0.3 is 5.97 Å². The Labute approximate surface area is 223 Å². The zero-order valence-corrected chi connectivity index (χ0v) is 21.8. The van der Waals surface area contributed by atoms with Gasteiger partial charge in [0.1, 0.15) is 12.5 Å². The third-order valence-electron chi connectivity index (χ3n) is 7.40. The Bertz CT molecular complexity index is 1390. The van der Waals surface area contributed by atoms with Crippen LogP contribution in [0.1, 0.15) is 48.3 Å². The topological polar surface area (TPSA) is 74.2 Å². The lowest BCUT2D eigenvalue weighted by molar-refractivity contribution is -0.148. The minimum absolute atomic E-state index is 0.0111. The fourth-order valence-corrected chi connectivity index (χ4v) is 5.55. The Morgan fingerprint density at radius 1 is 0.868 bits per heavy atom. The summed E-state index contributed by atoms with van der Waals surface area (Å²) in [5, 5.41) is 0. The van der Waals surface area contributed by atoms with Gasteiger partial charge in [0.15, 0.2) is 17.3 Å². The predicted octanol–water partition coefficient (Wildman–Crippen LogP) is 6.02. The molecule has 0 amide bonds. The third-order valence-corrected chi connectivity index (χ3v) is 7.40. The molecule has 0 spiro atoms. The third kappa shape index (κ3) is 4.99. The Hall–Kier alpha value is -4.19. The maximum Gasteiger partial charge on any atom is 0.315 e. The smallest absolute Gasteiger partial charge is 0.315 e. The number of methoxy groups -OCH3 is 2. The first-order valence-corrected chi connectivity index (χ1v) is 12.8. The van der Waals surface area contributed by atoms with Gasteiger partial charge in [0.2, 0.25) is 0 Å². The number of esters is 1. The van der Waals surface area contributed by atoms with Gasteiger partial charge in [-0.15, -0.1) is 0 Å². The summed E-state index contributed by atoms with van der Waals surface area (Å²) < 4.78 is 16.8. The molecule has 1 aliphatic heterocycles. The zero-order chi connectivity index (χ0) is 26.6. The van der Waals surface area contributed by atoms with Crippen LogP contribution >= 0.6 is 0 Å². The quantitative estimate of drug-likeness (QED) is 0.364. The lowest BCUT2D eigenvalue weighted by Crippen LogP contribution is -2.38. The van der Waals surface area contributed by atoms with Gasteiger partial charge in [-0.2, -0.15) is 0 Å². The number of carbonyl (C=O) groups excluding carboxylic acids is 2. The molecule has 194 valence electrons. The number of hydrogen-bond acceptors (Lipinski definition) is 6. The first-order valence-electron chi connectivity index (χ1n) is 12.8. The molecule has 0 bridgehead atoms. The minimum Gasteiger partial charge on any atom is -0.493 e. The molecule has 1 unspecified atom stereocenters. The summed E-state index contributed by atoms with van der Waals surface area (Å²) in [5.41, 5.74) is 4.79. The molecule has 6 nitrogen and oxygen atoms in total. The summed E-state index contributed by atoms with van der Waals surface area (Å²) in [6, 6.07) is 25.2. The summed E-state index contributed by atoms with van der Waals surface area (Å²) in [6.07, 6.45) is 1.00. The van der Waals surface area contributed by atoms with Gasteiger partial charge in [0.05, 0.1) is 14.2 Å². The molecule has 3 atom stereocenters. The molecule has 5 rings (SSSR count). The van der Waals surface area contributed by atoms with E-state index < -0.39 is 17.8 Å². The van der Waals surface area contributed by atoms with Crippen molar-refractivity contribution in [2.75, 3.05) is 14.2 Å². The fraction of sp³-hybridized carbons (Fsp3) is 0.281. The second kappa shape index (κ2) is 11.1. The summed E-state index contributed by atoms with van der Waals surface area (Å²) >= 11 is 0. The van der Waals surface area contributed by atoms with Crippen LogP contribution in [-0.2, 0) is 20.9 Å². The maximum atomic E-state index is 13.8. The van der Waals surface area contributed by atoms with Crippen molar-refractivity contribution in [2.45, 2.75) is 38.2 Å². The maximum absolute atomic E-state index is 13.8. The van der Waals surface area contributed by atoms with Crippen molar-refractivity contribution in [2.24, 2.45) is 10.9 Å². The number of ether oxygens (including phenoxy) is 3. The van der Waals surface area contributed by atoms with E-state index >= 15 is 0 Å². The molecule has 0 saturated heterocycles. The van der Waals surface area contributed by atoms with Crippen molar-refractivity contribution in [3.63, 3.8) is 0 Å². The molecule has 3 aromatic carbocycles. The average Bonchev–Trinajstić information content (AvgIpc) is 2.95. The Morgan fingerprint density at radius 2 is 1.55 bits per heavy atom. The van der Waals surface area contributed by atoms with E-state index in [0.29, 0.717) is 35.6 Å². The van der Waals surface area contributed by atoms with E-state index in [0.717, 1.165) is 22.4 Å². The predicted molar refractivity (Wildman–Crippen MR) is 146 cm³/mol. The van der Waals surface area contributed by atoms with Crippen molar-refractivity contribution in [1.82, 2.24) is 0 Å². The first-order chi connectivity index (χ1) is 18.5. The van der Waals surface area contributed by atoms with Gasteiger partial charge in [-0.25, -0.2) is 0 Å². The lowest BCUT2D eigenvalue weighted by Gasteiger charge is -2.36. The van der Waals surface area contributed by atoms with Gasteiger partial charge < -0.3 is 14.2 Å². The Kier molecular flexibility index (Phi) is 7.40. The van der Waals surface area contributed by atoms with E-state index in [1.165, 1.54) is 0 Å². The second-order valence-electron chi connectivity index (χ2n) is 9.72. The number of carbonyl (C=O) groups is 2. The second-order valence-corrected chi connectivity index (χ2v) is 9.72. The van der Waals surface area contributed by atoms with Crippen LogP contribution < -0.4 is 9.47 Å². The van der Waals surface area contributed by atoms with E-state index in [1.54, 1.807) is 14.2 Å². The molecule has 0 radical (unpaired) electrons. The van der Waals surface area contributed by atoms with E-state index in [9.17, 15) is 9.59 Å². The lowest BCUT2D eigenvalue weighted by atomic mass is 9.69. The molecule has 0 N–H and O–H groups in total. The molecule has 0 fully saturated rings. The van der Waals surface area contributed by atoms with Crippen LogP contribution in [0.25, 0.3) is 0 Å². The van der Waals surface area contributed by atoms with E-state index in [1.807, 2.05) is 73.7 Å². The van der Waals surface area contributed by atoms with Gasteiger partial charge in [0, 0.05) is 29.3 Å². The number of hydrogen-bond donors (Lipinski definition) is 0. The summed E-state index contributed by atoms with van der Waals surface area (Å²) in [4.78, 5) is 32.3. The molecule has 0 saturated carbocycles. The highest BCUT2D eigenvalue weighted by Crippen LogP contribution is 2.48. The number of rotatable bonds is 7. The Balaban J connectivity index is 1.55. The highest BCUT2D eigenvalue weighted by Gasteiger charge is 2.45. The summed E-state index contributed by atoms with van der Waals surface area (Å²) in [6.45, 7) is 2.00. The van der Waals surface area contributed by atoms with Crippen LogP contribution in [0, 0.1) is 5.92 Å². The van der Waals surface area contributed by atoms with Crippen LogP contribution in [0.2, 0.25) is 0 Å². The molecular formula is C32H31NO5. The highest BCUT2D eigenvalue weighted by atomic mass is 16.5. The van der Waals surface area contributed by atoms with E-state index in [-0.39, 0.29) is 18.3 Å². The molecule has 0 aromatic heterocycles.